The summed E-state index contributed by atoms with van der Waals surface area (Å²) in [5.41, 5.74) is 0. The van der Waals surface area contributed by atoms with E-state index in [0.717, 1.165) is 6.42 Å². The lowest BCUT2D eigenvalue weighted by molar-refractivity contribution is 0.180. The second-order valence-electron chi connectivity index (χ2n) is 1.81. The van der Waals surface area contributed by atoms with Crippen molar-refractivity contribution in [2.75, 3.05) is 27.3 Å². The van der Waals surface area contributed by atoms with E-state index >= 15 is 0 Å². The highest BCUT2D eigenvalue weighted by molar-refractivity contribution is 4.41. The van der Waals surface area contributed by atoms with Crippen LogP contribution in [0, 0.1) is 4.91 Å². The van der Waals surface area contributed by atoms with Gasteiger partial charge in [-0.25, -0.2) is 0 Å². The van der Waals surface area contributed by atoms with Gasteiger partial charge in [0, 0.05) is 27.3 Å². The van der Waals surface area contributed by atoms with Crippen molar-refractivity contribution in [3.63, 3.8) is 0 Å². The Hall–Kier alpha value is -0.640. The Labute approximate surface area is 54.7 Å². The first-order chi connectivity index (χ1) is 4.31. The smallest absolute Gasteiger partial charge is 0.0521 e. The van der Waals surface area contributed by atoms with Gasteiger partial charge >= 0.3 is 0 Å². The summed E-state index contributed by atoms with van der Waals surface area (Å²) in [6, 6.07) is 0. The van der Waals surface area contributed by atoms with Crippen LogP contribution in [0.15, 0.2) is 5.29 Å². The van der Waals surface area contributed by atoms with E-state index in [1.54, 1.807) is 14.2 Å². The van der Waals surface area contributed by atoms with Gasteiger partial charge in [0.2, 0.25) is 0 Å². The number of hydrogen-bond acceptors (Lipinski definition) is 3. The normalized spacial score (nSPS) is 9.11. The van der Waals surface area contributed by atoms with E-state index < -0.39 is 0 Å². The zero-order valence-corrected chi connectivity index (χ0v) is 5.83. The second kappa shape index (κ2) is 5.50. The van der Waals surface area contributed by atoms with Gasteiger partial charge in [-0.3, -0.25) is 5.01 Å². The molecule has 54 valence electrons. The van der Waals surface area contributed by atoms with Crippen LogP contribution in [0.4, 0.5) is 0 Å². The predicted molar refractivity (Wildman–Crippen MR) is 34.9 cm³/mol. The van der Waals surface area contributed by atoms with Crippen molar-refractivity contribution in [3.05, 3.63) is 4.91 Å². The molecule has 0 saturated heterocycles. The van der Waals surface area contributed by atoms with Gasteiger partial charge in [0.25, 0.3) is 0 Å². The van der Waals surface area contributed by atoms with Crippen molar-refractivity contribution in [2.24, 2.45) is 5.29 Å². The molecule has 0 aromatic carbocycles. The Morgan fingerprint density at radius 3 is 2.78 bits per heavy atom. The fraction of sp³-hybridized carbons (Fsp3) is 1.00. The molecule has 9 heavy (non-hydrogen) atoms. The molecule has 0 bridgehead atoms. The van der Waals surface area contributed by atoms with Gasteiger partial charge in [-0.15, -0.1) is 4.91 Å². The Morgan fingerprint density at radius 1 is 1.67 bits per heavy atom. The number of rotatable bonds is 5. The third-order valence-corrected chi connectivity index (χ3v) is 0.970. The Kier molecular flexibility index (Phi) is 5.11. The van der Waals surface area contributed by atoms with Gasteiger partial charge in [0.05, 0.1) is 5.29 Å². The summed E-state index contributed by atoms with van der Waals surface area (Å²) in [6.07, 6.45) is 0.846. The van der Waals surface area contributed by atoms with Crippen LogP contribution in [0.25, 0.3) is 0 Å². The lowest BCUT2D eigenvalue weighted by atomic mass is 10.4. The molecule has 0 aliphatic heterocycles. The molecule has 0 aliphatic carbocycles. The van der Waals surface area contributed by atoms with Gasteiger partial charge < -0.3 is 4.74 Å². The maximum atomic E-state index is 9.73. The molecule has 0 rings (SSSR count). The highest BCUT2D eigenvalue weighted by atomic mass is 16.5. The second-order valence-corrected chi connectivity index (χ2v) is 1.81. The quantitative estimate of drug-likeness (QED) is 0.313. The highest BCUT2D eigenvalue weighted by Crippen LogP contribution is 1.86. The minimum atomic E-state index is 0.664. The van der Waals surface area contributed by atoms with E-state index in [2.05, 4.69) is 5.29 Å². The summed E-state index contributed by atoms with van der Waals surface area (Å²) in [6.45, 7) is 1.34. The highest BCUT2D eigenvalue weighted by Gasteiger charge is 1.91. The molecule has 0 fully saturated rings. The SMILES string of the molecule is COCCCN(C)N=O. The van der Waals surface area contributed by atoms with E-state index in [9.17, 15) is 4.91 Å². The third kappa shape index (κ3) is 5.23. The predicted octanol–water partition coefficient (Wildman–Crippen LogP) is 0.636. The molecule has 0 heterocycles. The molecule has 0 aromatic rings. The van der Waals surface area contributed by atoms with E-state index in [1.807, 2.05) is 0 Å². The summed E-state index contributed by atoms with van der Waals surface area (Å²) in [5, 5.41) is 4.03. The molecule has 0 amide bonds. The van der Waals surface area contributed by atoms with Crippen LogP contribution in [0.5, 0.6) is 0 Å². The van der Waals surface area contributed by atoms with Gasteiger partial charge in [-0.05, 0) is 6.42 Å². The molecule has 0 N–H and O–H groups in total. The van der Waals surface area contributed by atoms with E-state index in [-0.39, 0.29) is 0 Å². The monoisotopic (exact) mass is 132 g/mol. The molecular weight excluding hydrogens is 120 g/mol. The van der Waals surface area contributed by atoms with Crippen LogP contribution in [0.2, 0.25) is 0 Å². The van der Waals surface area contributed by atoms with Crippen molar-refractivity contribution < 1.29 is 4.74 Å². The molecule has 0 unspecified atom stereocenters. The maximum Gasteiger partial charge on any atom is 0.0521 e. The molecule has 0 spiro atoms. The minimum absolute atomic E-state index is 0.664. The lowest BCUT2D eigenvalue weighted by Crippen LogP contribution is -2.12. The van der Waals surface area contributed by atoms with Crippen molar-refractivity contribution in [1.82, 2.24) is 5.01 Å². The average molecular weight is 132 g/mol. The fourth-order valence-corrected chi connectivity index (χ4v) is 0.479. The van der Waals surface area contributed by atoms with Gasteiger partial charge in [-0.2, -0.15) is 0 Å². The first kappa shape index (κ1) is 8.36. The van der Waals surface area contributed by atoms with Crippen molar-refractivity contribution in [1.29, 1.82) is 0 Å². The standard InChI is InChI=1S/C5H12N2O2/c1-7(6-8)4-3-5-9-2/h3-5H2,1-2H3. The van der Waals surface area contributed by atoms with Gasteiger partial charge in [0.1, 0.15) is 0 Å². The van der Waals surface area contributed by atoms with E-state index in [0.29, 0.717) is 13.2 Å². The Morgan fingerprint density at radius 2 is 2.33 bits per heavy atom. The van der Waals surface area contributed by atoms with E-state index in [4.69, 9.17) is 4.74 Å². The molecule has 4 heteroatoms. The molecule has 0 aromatic heterocycles. The number of hydrogen-bond donors (Lipinski definition) is 0. The van der Waals surface area contributed by atoms with Crippen LogP contribution < -0.4 is 0 Å². The van der Waals surface area contributed by atoms with Crippen LogP contribution in [0.1, 0.15) is 6.42 Å². The van der Waals surface area contributed by atoms with Crippen molar-refractivity contribution in [3.8, 4) is 0 Å². The summed E-state index contributed by atoms with van der Waals surface area (Å²) in [4.78, 5) is 9.73. The fourth-order valence-electron chi connectivity index (χ4n) is 0.479. The van der Waals surface area contributed by atoms with Crippen molar-refractivity contribution >= 4 is 0 Å². The number of nitrogens with zero attached hydrogens (tertiary/aromatic N) is 2. The van der Waals surface area contributed by atoms with Gasteiger partial charge in [0.15, 0.2) is 0 Å². The summed E-state index contributed by atoms with van der Waals surface area (Å²) in [7, 11) is 3.27. The number of ether oxygens (including phenoxy) is 1. The zero-order valence-electron chi connectivity index (χ0n) is 5.83. The number of nitroso groups, excluding NO2 is 1. The molecule has 0 saturated carbocycles. The minimum Gasteiger partial charge on any atom is -0.385 e. The van der Waals surface area contributed by atoms with Crippen LogP contribution in [-0.4, -0.2) is 32.3 Å². The third-order valence-electron chi connectivity index (χ3n) is 0.970. The summed E-state index contributed by atoms with van der Waals surface area (Å²) in [5.74, 6) is 0. The molecule has 0 aliphatic rings. The average Bonchev–Trinajstić information content (AvgIpc) is 1.89. The topological polar surface area (TPSA) is 41.9 Å². The molecule has 0 atom stereocenters. The first-order valence-electron chi connectivity index (χ1n) is 2.84. The number of methoxy groups -OCH3 is 1. The largest absolute Gasteiger partial charge is 0.385 e. The van der Waals surface area contributed by atoms with Crippen LogP contribution in [0.3, 0.4) is 0 Å². The lowest BCUT2D eigenvalue weighted by Gasteiger charge is -2.05. The van der Waals surface area contributed by atoms with E-state index in [1.165, 1.54) is 5.01 Å². The summed E-state index contributed by atoms with van der Waals surface area (Å²) >= 11 is 0. The maximum absolute atomic E-state index is 9.73. The van der Waals surface area contributed by atoms with Crippen LogP contribution in [-0.2, 0) is 4.74 Å². The zero-order chi connectivity index (χ0) is 7.11. The summed E-state index contributed by atoms with van der Waals surface area (Å²) < 4.78 is 4.77. The van der Waals surface area contributed by atoms with Crippen LogP contribution >= 0.6 is 0 Å². The van der Waals surface area contributed by atoms with Crippen molar-refractivity contribution in [2.45, 2.75) is 6.42 Å². The Balaban J connectivity index is 2.96. The van der Waals surface area contributed by atoms with Gasteiger partial charge in [-0.1, -0.05) is 0 Å². The first-order valence-corrected chi connectivity index (χ1v) is 2.84. The Bertz CT molecular complexity index is 77.4. The molecule has 0 radical (unpaired) electrons. The molecular formula is C5H12N2O2. The molecule has 4 nitrogen and oxygen atoms in total.